The molecule has 2 fully saturated rings. The Morgan fingerprint density at radius 3 is 2.54 bits per heavy atom. The third kappa shape index (κ3) is 2.04. The summed E-state index contributed by atoms with van der Waals surface area (Å²) >= 11 is 0. The van der Waals surface area contributed by atoms with Gasteiger partial charge in [0.05, 0.1) is 0 Å². The van der Waals surface area contributed by atoms with E-state index in [1.165, 1.54) is 25.7 Å². The van der Waals surface area contributed by atoms with Crippen molar-refractivity contribution in [1.82, 2.24) is 4.90 Å². The fraction of sp³-hybridized carbons (Fsp3) is 1.00. The molecule has 0 bridgehead atoms. The second-order valence-corrected chi connectivity index (χ2v) is 5.47. The number of nitrogens with zero attached hydrogens (tertiary/aromatic N) is 1. The van der Waals surface area contributed by atoms with Crippen LogP contribution in [0.5, 0.6) is 0 Å². The molecule has 0 aromatic carbocycles. The lowest BCUT2D eigenvalue weighted by molar-refractivity contribution is -0.00658. The number of rotatable bonds is 1. The van der Waals surface area contributed by atoms with Crippen LogP contribution in [0.4, 0.5) is 4.39 Å². The monoisotopic (exact) mass is 185 g/mol. The van der Waals surface area contributed by atoms with Crippen LogP contribution in [-0.4, -0.2) is 30.2 Å². The molecule has 76 valence electrons. The van der Waals surface area contributed by atoms with Crippen LogP contribution in [0.3, 0.4) is 0 Å². The first-order chi connectivity index (χ1) is 6.07. The van der Waals surface area contributed by atoms with Crippen LogP contribution in [0.15, 0.2) is 0 Å². The minimum atomic E-state index is -0.537. The summed E-state index contributed by atoms with van der Waals surface area (Å²) in [5.41, 5.74) is 0.490. The number of halogens is 1. The predicted molar refractivity (Wildman–Crippen MR) is 52.5 cm³/mol. The molecule has 0 aromatic heterocycles. The van der Waals surface area contributed by atoms with Crippen molar-refractivity contribution in [1.29, 1.82) is 0 Å². The molecular formula is C11H20FN. The summed E-state index contributed by atoms with van der Waals surface area (Å²) < 4.78 is 12.7. The topological polar surface area (TPSA) is 3.24 Å². The van der Waals surface area contributed by atoms with Gasteiger partial charge >= 0.3 is 0 Å². The van der Waals surface area contributed by atoms with E-state index < -0.39 is 6.17 Å². The van der Waals surface area contributed by atoms with Crippen LogP contribution >= 0.6 is 0 Å². The minimum Gasteiger partial charge on any atom is -0.294 e. The lowest BCUT2D eigenvalue weighted by Gasteiger charge is -2.46. The third-order valence-electron chi connectivity index (χ3n) is 3.56. The highest BCUT2D eigenvalue weighted by molar-refractivity contribution is 4.91. The zero-order valence-electron chi connectivity index (χ0n) is 8.72. The highest BCUT2D eigenvalue weighted by Crippen LogP contribution is 2.38. The average molecular weight is 185 g/mol. The van der Waals surface area contributed by atoms with Crippen molar-refractivity contribution in [3.05, 3.63) is 0 Å². The van der Waals surface area contributed by atoms with Gasteiger partial charge in [-0.05, 0) is 24.7 Å². The van der Waals surface area contributed by atoms with Crippen LogP contribution in [0.25, 0.3) is 0 Å². The summed E-state index contributed by atoms with van der Waals surface area (Å²) in [5.74, 6) is 0. The number of likely N-dealkylation sites (tertiary alicyclic amines) is 1. The zero-order valence-corrected chi connectivity index (χ0v) is 8.72. The lowest BCUT2D eigenvalue weighted by atomic mass is 9.74. The van der Waals surface area contributed by atoms with Gasteiger partial charge in [0.1, 0.15) is 6.17 Å². The maximum Gasteiger partial charge on any atom is 0.125 e. The van der Waals surface area contributed by atoms with Gasteiger partial charge < -0.3 is 0 Å². The van der Waals surface area contributed by atoms with E-state index in [9.17, 15) is 4.39 Å². The van der Waals surface area contributed by atoms with E-state index in [1.807, 2.05) is 0 Å². The van der Waals surface area contributed by atoms with Gasteiger partial charge in [-0.1, -0.05) is 20.3 Å². The van der Waals surface area contributed by atoms with Gasteiger partial charge in [0.15, 0.2) is 0 Å². The van der Waals surface area contributed by atoms with Gasteiger partial charge in [-0.15, -0.1) is 0 Å². The van der Waals surface area contributed by atoms with E-state index in [-0.39, 0.29) is 0 Å². The van der Waals surface area contributed by atoms with Gasteiger partial charge in [0.2, 0.25) is 0 Å². The molecule has 0 N–H and O–H groups in total. The number of hydrogen-bond donors (Lipinski definition) is 0. The van der Waals surface area contributed by atoms with E-state index in [1.54, 1.807) is 0 Å². The molecular weight excluding hydrogens is 165 g/mol. The Hall–Kier alpha value is -0.110. The molecule has 0 amide bonds. The first-order valence-corrected chi connectivity index (χ1v) is 5.45. The van der Waals surface area contributed by atoms with Crippen LogP contribution in [0.2, 0.25) is 0 Å². The average Bonchev–Trinajstić information content (AvgIpc) is 1.97. The smallest absolute Gasteiger partial charge is 0.125 e. The Morgan fingerprint density at radius 2 is 2.00 bits per heavy atom. The van der Waals surface area contributed by atoms with E-state index in [0.29, 0.717) is 24.5 Å². The molecule has 0 radical (unpaired) electrons. The molecule has 1 saturated heterocycles. The molecule has 0 spiro atoms. The molecule has 13 heavy (non-hydrogen) atoms. The van der Waals surface area contributed by atoms with Gasteiger partial charge in [-0.2, -0.15) is 0 Å². The van der Waals surface area contributed by atoms with Gasteiger partial charge in [0.25, 0.3) is 0 Å². The lowest BCUT2D eigenvalue weighted by Crippen LogP contribution is -2.55. The molecule has 2 rings (SSSR count). The molecule has 2 aliphatic rings. The summed E-state index contributed by atoms with van der Waals surface area (Å²) in [6, 6.07) is 0.677. The van der Waals surface area contributed by atoms with E-state index >= 15 is 0 Å². The van der Waals surface area contributed by atoms with Crippen LogP contribution in [0, 0.1) is 5.41 Å². The molecule has 1 nitrogen and oxygen atoms in total. The molecule has 1 unspecified atom stereocenters. The van der Waals surface area contributed by atoms with E-state index in [0.717, 1.165) is 0 Å². The second kappa shape index (κ2) is 3.23. The van der Waals surface area contributed by atoms with Crippen molar-refractivity contribution >= 4 is 0 Å². The van der Waals surface area contributed by atoms with E-state index in [2.05, 4.69) is 18.7 Å². The van der Waals surface area contributed by atoms with Crippen molar-refractivity contribution in [2.24, 2.45) is 5.41 Å². The summed E-state index contributed by atoms with van der Waals surface area (Å²) in [4.78, 5) is 2.32. The number of alkyl halides is 1. The Bertz CT molecular complexity index is 185. The maximum absolute atomic E-state index is 12.7. The fourth-order valence-electron chi connectivity index (χ4n) is 2.72. The second-order valence-electron chi connectivity index (χ2n) is 5.47. The van der Waals surface area contributed by atoms with Crippen molar-refractivity contribution < 1.29 is 4.39 Å². The highest BCUT2D eigenvalue weighted by atomic mass is 19.1. The summed E-state index contributed by atoms with van der Waals surface area (Å²) in [5, 5.41) is 0. The van der Waals surface area contributed by atoms with Crippen molar-refractivity contribution in [3.8, 4) is 0 Å². The van der Waals surface area contributed by atoms with Crippen molar-refractivity contribution in [3.63, 3.8) is 0 Å². The molecule has 1 heterocycles. The van der Waals surface area contributed by atoms with Gasteiger partial charge in [-0.25, -0.2) is 4.39 Å². The largest absolute Gasteiger partial charge is 0.294 e. The van der Waals surface area contributed by atoms with Crippen molar-refractivity contribution in [2.75, 3.05) is 13.1 Å². The van der Waals surface area contributed by atoms with Crippen LogP contribution in [-0.2, 0) is 0 Å². The number of hydrogen-bond acceptors (Lipinski definition) is 1. The highest BCUT2D eigenvalue weighted by Gasteiger charge is 2.37. The van der Waals surface area contributed by atoms with Crippen LogP contribution < -0.4 is 0 Å². The molecule has 0 aromatic rings. The quantitative estimate of drug-likeness (QED) is 0.607. The fourth-order valence-corrected chi connectivity index (χ4v) is 2.72. The SMILES string of the molecule is CC1(C)CCCC(N2CC(F)C2)C1. The Labute approximate surface area is 80.3 Å². The van der Waals surface area contributed by atoms with Gasteiger partial charge in [0, 0.05) is 19.1 Å². The minimum absolute atomic E-state index is 0.490. The summed E-state index contributed by atoms with van der Waals surface area (Å²) in [6.45, 7) is 6.07. The van der Waals surface area contributed by atoms with Crippen molar-refractivity contribution in [2.45, 2.75) is 51.7 Å². The zero-order chi connectivity index (χ0) is 9.47. The molecule has 2 heteroatoms. The van der Waals surface area contributed by atoms with Gasteiger partial charge in [-0.3, -0.25) is 4.90 Å². The molecule has 1 saturated carbocycles. The first kappa shape index (κ1) is 9.45. The Balaban J connectivity index is 1.86. The normalized spacial score (nSPS) is 35.8. The first-order valence-electron chi connectivity index (χ1n) is 5.45. The molecule has 1 aliphatic carbocycles. The molecule has 1 atom stereocenters. The Morgan fingerprint density at radius 1 is 1.31 bits per heavy atom. The summed E-state index contributed by atoms with van der Waals surface area (Å²) in [6.07, 6.45) is 4.68. The van der Waals surface area contributed by atoms with E-state index in [4.69, 9.17) is 0 Å². The standard InChI is InChI=1S/C11H20FN/c1-11(2)5-3-4-10(6-11)13-7-9(12)8-13/h9-10H,3-8H2,1-2H3. The summed E-state index contributed by atoms with van der Waals surface area (Å²) in [7, 11) is 0. The Kier molecular flexibility index (Phi) is 2.35. The predicted octanol–water partition coefficient (Wildman–Crippen LogP) is 2.61. The maximum atomic E-state index is 12.7. The molecule has 1 aliphatic heterocycles. The third-order valence-corrected chi connectivity index (χ3v) is 3.56. The van der Waals surface area contributed by atoms with Crippen LogP contribution in [0.1, 0.15) is 39.5 Å².